The lowest BCUT2D eigenvalue weighted by Crippen LogP contribution is -2.12. The van der Waals surface area contributed by atoms with Gasteiger partial charge in [-0.3, -0.25) is 10.1 Å². The maximum absolute atomic E-state index is 14.1. The maximum atomic E-state index is 14.1. The molecule has 0 fully saturated rings. The smallest absolute Gasteiger partial charge is 0.155 e. The first kappa shape index (κ1) is 24.7. The van der Waals surface area contributed by atoms with Crippen LogP contribution in [-0.2, 0) is 13.1 Å². The summed E-state index contributed by atoms with van der Waals surface area (Å²) < 4.78 is 14.1. The second-order valence-corrected chi connectivity index (χ2v) is 10.0. The van der Waals surface area contributed by atoms with E-state index in [1.54, 1.807) is 6.07 Å². The molecule has 3 aromatic carbocycles. The fraction of sp³-hybridized carbons (Fsp3) is 0.0606. The zero-order valence-electron chi connectivity index (χ0n) is 21.9. The Morgan fingerprint density at radius 1 is 0.756 bits per heavy atom. The normalized spacial score (nSPS) is 11.4. The summed E-state index contributed by atoms with van der Waals surface area (Å²) in [6.07, 6.45) is 5.53. The van der Waals surface area contributed by atoms with Crippen LogP contribution in [0.2, 0.25) is 0 Å². The summed E-state index contributed by atoms with van der Waals surface area (Å²) in [5, 5.41) is 22.8. The number of aromatic nitrogens is 5. The van der Waals surface area contributed by atoms with Crippen molar-refractivity contribution in [2.75, 3.05) is 0 Å². The maximum Gasteiger partial charge on any atom is 0.155 e. The summed E-state index contributed by atoms with van der Waals surface area (Å²) in [6.45, 7) is 1.48. The van der Waals surface area contributed by atoms with Crippen molar-refractivity contribution in [3.05, 3.63) is 120 Å². The average molecular weight is 541 g/mol. The number of pyridine rings is 2. The van der Waals surface area contributed by atoms with Gasteiger partial charge in [0.25, 0.3) is 0 Å². The van der Waals surface area contributed by atoms with Crippen LogP contribution in [0, 0.1) is 5.82 Å². The zero-order valence-corrected chi connectivity index (χ0v) is 21.9. The summed E-state index contributed by atoms with van der Waals surface area (Å²) in [4.78, 5) is 12.5. The number of H-pyrrole nitrogens is 2. The van der Waals surface area contributed by atoms with Crippen molar-refractivity contribution >= 4 is 21.9 Å². The lowest BCUT2D eigenvalue weighted by atomic mass is 10.0. The summed E-state index contributed by atoms with van der Waals surface area (Å²) in [6, 6.07) is 26.3. The summed E-state index contributed by atoms with van der Waals surface area (Å²) in [7, 11) is 0. The molecular formula is C33H25FN6O. The number of hydrogen-bond donors (Lipinski definition) is 4. The van der Waals surface area contributed by atoms with Gasteiger partial charge < -0.3 is 15.4 Å². The van der Waals surface area contributed by atoms with Crippen LogP contribution >= 0.6 is 0 Å². The Bertz CT molecular complexity index is 1990. The van der Waals surface area contributed by atoms with E-state index in [-0.39, 0.29) is 5.75 Å². The molecule has 41 heavy (non-hydrogen) atoms. The first-order valence-corrected chi connectivity index (χ1v) is 13.3. The van der Waals surface area contributed by atoms with Crippen LogP contribution in [0.3, 0.4) is 0 Å². The van der Waals surface area contributed by atoms with Crippen LogP contribution in [0.15, 0.2) is 104 Å². The summed E-state index contributed by atoms with van der Waals surface area (Å²) in [5.41, 5.74) is 8.70. The number of halogens is 1. The first-order chi connectivity index (χ1) is 20.1. The Morgan fingerprint density at radius 2 is 1.61 bits per heavy atom. The minimum atomic E-state index is -0.491. The molecule has 0 aliphatic rings. The molecule has 0 bridgehead atoms. The van der Waals surface area contributed by atoms with Crippen LogP contribution in [0.1, 0.15) is 11.1 Å². The molecule has 8 heteroatoms. The zero-order chi connectivity index (χ0) is 27.8. The van der Waals surface area contributed by atoms with Gasteiger partial charge in [0.15, 0.2) is 5.65 Å². The number of benzene rings is 3. The second kappa shape index (κ2) is 10.3. The van der Waals surface area contributed by atoms with Gasteiger partial charge in [-0.1, -0.05) is 42.5 Å². The van der Waals surface area contributed by atoms with E-state index in [0.29, 0.717) is 17.8 Å². The van der Waals surface area contributed by atoms with E-state index in [1.807, 2.05) is 61.1 Å². The number of rotatable bonds is 7. The molecule has 0 saturated carbocycles. The van der Waals surface area contributed by atoms with Gasteiger partial charge in [0, 0.05) is 65.2 Å². The molecular weight excluding hydrogens is 515 g/mol. The second-order valence-electron chi connectivity index (χ2n) is 10.0. The quantitative estimate of drug-likeness (QED) is 0.175. The van der Waals surface area contributed by atoms with Crippen molar-refractivity contribution in [3.63, 3.8) is 0 Å². The number of phenols is 1. The number of nitrogens with one attached hydrogen (secondary N) is 3. The molecule has 0 radical (unpaired) electrons. The number of nitrogens with zero attached hydrogens (tertiary/aromatic N) is 3. The van der Waals surface area contributed by atoms with Gasteiger partial charge in [0.2, 0.25) is 0 Å². The molecule has 0 saturated heterocycles. The van der Waals surface area contributed by atoms with Crippen molar-refractivity contribution < 1.29 is 9.50 Å². The Hall–Kier alpha value is -5.34. The molecule has 4 aromatic heterocycles. The van der Waals surface area contributed by atoms with E-state index < -0.39 is 5.82 Å². The van der Waals surface area contributed by atoms with E-state index >= 15 is 0 Å². The molecule has 0 atom stereocenters. The van der Waals surface area contributed by atoms with Crippen molar-refractivity contribution in [1.29, 1.82) is 0 Å². The molecule has 0 aliphatic carbocycles. The topological polar surface area (TPSA) is 103 Å². The van der Waals surface area contributed by atoms with Gasteiger partial charge in [-0.25, -0.2) is 9.37 Å². The van der Waals surface area contributed by atoms with Crippen LogP contribution in [0.25, 0.3) is 55.6 Å². The average Bonchev–Trinajstić information content (AvgIpc) is 3.61. The highest BCUT2D eigenvalue weighted by Crippen LogP contribution is 2.36. The van der Waals surface area contributed by atoms with Gasteiger partial charge in [0.05, 0.1) is 5.69 Å². The van der Waals surface area contributed by atoms with E-state index in [0.717, 1.165) is 62.5 Å². The fourth-order valence-corrected chi connectivity index (χ4v) is 5.22. The SMILES string of the molecule is Oc1cc(F)cc(-c2cccc3[nH]c(-c4n[nH]c5ncc(-c6cncc(CNCc7ccccc7)c6)cc45)cc23)c1. The highest BCUT2D eigenvalue weighted by molar-refractivity contribution is 6.01. The Morgan fingerprint density at radius 3 is 2.49 bits per heavy atom. The monoisotopic (exact) mass is 540 g/mol. The molecule has 0 aliphatic heterocycles. The molecule has 0 spiro atoms. The highest BCUT2D eigenvalue weighted by Gasteiger charge is 2.16. The van der Waals surface area contributed by atoms with Gasteiger partial charge in [-0.2, -0.15) is 5.10 Å². The minimum absolute atomic E-state index is 0.116. The van der Waals surface area contributed by atoms with E-state index in [9.17, 15) is 9.50 Å². The fourth-order valence-electron chi connectivity index (χ4n) is 5.22. The molecule has 200 valence electrons. The number of fused-ring (bicyclic) bond motifs is 2. The van der Waals surface area contributed by atoms with Crippen molar-refractivity contribution in [3.8, 4) is 39.4 Å². The third kappa shape index (κ3) is 4.92. The lowest BCUT2D eigenvalue weighted by molar-refractivity contribution is 0.469. The number of hydrogen-bond acceptors (Lipinski definition) is 5. The Balaban J connectivity index is 1.21. The Kier molecular flexibility index (Phi) is 6.22. The first-order valence-electron chi connectivity index (χ1n) is 13.3. The van der Waals surface area contributed by atoms with Crippen LogP contribution in [-0.4, -0.2) is 30.3 Å². The molecule has 4 N–H and O–H groups in total. The third-order valence-electron chi connectivity index (χ3n) is 7.16. The van der Waals surface area contributed by atoms with Gasteiger partial charge >= 0.3 is 0 Å². The molecule has 0 unspecified atom stereocenters. The lowest BCUT2D eigenvalue weighted by Gasteiger charge is -2.07. The standard InChI is InChI=1S/C33H25FN6O/c34-25-10-22(11-26(41)13-25)27-7-4-8-30-28(27)14-31(38-30)32-29-12-24(19-37-33(29)40-39-32)23-9-21(17-36-18-23)16-35-15-20-5-2-1-3-6-20/h1-14,17-19,35,38,41H,15-16H2,(H,37,39,40). The predicted molar refractivity (Wildman–Crippen MR) is 158 cm³/mol. The van der Waals surface area contributed by atoms with Crippen LogP contribution < -0.4 is 5.32 Å². The number of aromatic hydroxyl groups is 1. The molecule has 0 amide bonds. The van der Waals surface area contributed by atoms with E-state index in [2.05, 4.69) is 54.7 Å². The van der Waals surface area contributed by atoms with E-state index in [1.165, 1.54) is 11.6 Å². The van der Waals surface area contributed by atoms with Crippen LogP contribution in [0.4, 0.5) is 4.39 Å². The Labute approximate surface area is 234 Å². The van der Waals surface area contributed by atoms with E-state index in [4.69, 9.17) is 0 Å². The summed E-state index contributed by atoms with van der Waals surface area (Å²) in [5.74, 6) is -0.606. The summed E-state index contributed by atoms with van der Waals surface area (Å²) >= 11 is 0. The number of aromatic amines is 2. The largest absolute Gasteiger partial charge is 0.508 e. The molecule has 7 rings (SSSR count). The number of phenolic OH excluding ortho intramolecular Hbond substituents is 1. The van der Waals surface area contributed by atoms with Crippen molar-refractivity contribution in [2.24, 2.45) is 0 Å². The van der Waals surface area contributed by atoms with Gasteiger partial charge in [0.1, 0.15) is 17.3 Å². The predicted octanol–water partition coefficient (Wildman–Crippen LogP) is 6.97. The van der Waals surface area contributed by atoms with Crippen molar-refractivity contribution in [2.45, 2.75) is 13.1 Å². The molecule has 7 nitrogen and oxygen atoms in total. The molecule has 4 heterocycles. The van der Waals surface area contributed by atoms with Crippen LogP contribution in [0.5, 0.6) is 5.75 Å². The third-order valence-corrected chi connectivity index (χ3v) is 7.16. The highest BCUT2D eigenvalue weighted by atomic mass is 19.1. The molecule has 7 aromatic rings. The van der Waals surface area contributed by atoms with Gasteiger partial charge in [-0.05, 0) is 58.7 Å². The van der Waals surface area contributed by atoms with Gasteiger partial charge in [-0.15, -0.1) is 0 Å². The minimum Gasteiger partial charge on any atom is -0.508 e. The van der Waals surface area contributed by atoms with Crippen molar-refractivity contribution in [1.82, 2.24) is 30.5 Å².